The Balaban J connectivity index is 1.89. The summed E-state index contributed by atoms with van der Waals surface area (Å²) in [4.78, 5) is 0. The van der Waals surface area contributed by atoms with E-state index in [-0.39, 0.29) is 0 Å². The van der Waals surface area contributed by atoms with Crippen molar-refractivity contribution in [1.29, 1.82) is 0 Å². The van der Waals surface area contributed by atoms with E-state index in [1.165, 1.54) is 0 Å². The van der Waals surface area contributed by atoms with E-state index in [2.05, 4.69) is 33.7 Å². The predicted octanol–water partition coefficient (Wildman–Crippen LogP) is 3.05. The lowest BCUT2D eigenvalue weighted by molar-refractivity contribution is 0.189. The Bertz CT molecular complexity index is 801. The Morgan fingerprint density at radius 1 is 0.958 bits per heavy atom. The lowest BCUT2D eigenvalue weighted by Crippen LogP contribution is -2.05. The first-order valence-corrected chi connectivity index (χ1v) is 7.82. The van der Waals surface area contributed by atoms with Gasteiger partial charge in [0, 0.05) is 25.8 Å². The highest BCUT2D eigenvalue weighted by Gasteiger charge is 2.10. The van der Waals surface area contributed by atoms with Gasteiger partial charge in [0.25, 0.3) is 0 Å². The van der Waals surface area contributed by atoms with E-state index in [4.69, 9.17) is 9.47 Å². The van der Waals surface area contributed by atoms with Crippen LogP contribution in [-0.2, 0) is 11.3 Å². The van der Waals surface area contributed by atoms with Crippen molar-refractivity contribution in [1.82, 2.24) is 20.2 Å². The number of aromatic nitrogens is 4. The van der Waals surface area contributed by atoms with Gasteiger partial charge in [-0.2, -0.15) is 0 Å². The molecule has 0 aliphatic carbocycles. The van der Waals surface area contributed by atoms with Gasteiger partial charge in [-0.05, 0) is 46.2 Å². The minimum atomic E-state index is 0.684. The van der Waals surface area contributed by atoms with Crippen LogP contribution in [0, 0.1) is 0 Å². The lowest BCUT2D eigenvalue weighted by atomic mass is 10.0. The van der Waals surface area contributed by atoms with Gasteiger partial charge in [0.2, 0.25) is 0 Å². The molecule has 124 valence electrons. The van der Waals surface area contributed by atoms with Crippen LogP contribution in [-0.4, -0.2) is 41.0 Å². The Morgan fingerprint density at radius 2 is 1.71 bits per heavy atom. The molecule has 2 aromatic carbocycles. The Kier molecular flexibility index (Phi) is 5.18. The highest BCUT2D eigenvalue weighted by atomic mass is 16.5. The molecule has 3 aromatic rings. The Hall–Kier alpha value is -2.73. The van der Waals surface area contributed by atoms with Crippen LogP contribution in [0.5, 0.6) is 5.75 Å². The molecule has 0 saturated carbocycles. The first-order valence-electron chi connectivity index (χ1n) is 7.82. The summed E-state index contributed by atoms with van der Waals surface area (Å²) in [5.41, 5.74) is 3.17. The number of aryl methyl sites for hydroxylation is 1. The van der Waals surface area contributed by atoms with E-state index < -0.39 is 0 Å². The zero-order chi connectivity index (χ0) is 16.8. The highest BCUT2D eigenvalue weighted by molar-refractivity contribution is 5.71. The summed E-state index contributed by atoms with van der Waals surface area (Å²) in [6, 6.07) is 16.2. The van der Waals surface area contributed by atoms with Gasteiger partial charge in [-0.3, -0.25) is 0 Å². The smallest absolute Gasteiger partial charge is 0.182 e. The van der Waals surface area contributed by atoms with Crippen molar-refractivity contribution in [2.45, 2.75) is 13.0 Å². The normalized spacial score (nSPS) is 10.8. The van der Waals surface area contributed by atoms with Gasteiger partial charge in [-0.1, -0.05) is 30.3 Å². The highest BCUT2D eigenvalue weighted by Crippen LogP contribution is 2.27. The molecular weight excluding hydrogens is 304 g/mol. The summed E-state index contributed by atoms with van der Waals surface area (Å²) in [5.74, 6) is 1.60. The molecule has 0 saturated heterocycles. The van der Waals surface area contributed by atoms with Crippen LogP contribution < -0.4 is 4.74 Å². The fourth-order valence-corrected chi connectivity index (χ4v) is 2.56. The third-order valence-corrected chi connectivity index (χ3v) is 3.77. The van der Waals surface area contributed by atoms with Gasteiger partial charge in [-0.15, -0.1) is 5.10 Å². The van der Waals surface area contributed by atoms with Crippen molar-refractivity contribution in [3.05, 3.63) is 48.5 Å². The van der Waals surface area contributed by atoms with Crippen LogP contribution in [0.3, 0.4) is 0 Å². The summed E-state index contributed by atoms with van der Waals surface area (Å²) in [6.45, 7) is 1.41. The van der Waals surface area contributed by atoms with E-state index >= 15 is 0 Å². The Labute approximate surface area is 141 Å². The molecule has 24 heavy (non-hydrogen) atoms. The number of benzene rings is 2. The standard InChI is InChI=1S/C18H20N4O2/c1-23-11-5-10-22-18(19-20-21-22)16-8-3-6-14(12-16)15-7-4-9-17(13-15)24-2/h3-4,6-9,12-13H,5,10-11H2,1-2H3. The second-order valence-electron chi connectivity index (χ2n) is 5.38. The van der Waals surface area contributed by atoms with E-state index in [1.807, 2.05) is 35.0 Å². The van der Waals surface area contributed by atoms with Crippen molar-refractivity contribution in [2.24, 2.45) is 0 Å². The van der Waals surface area contributed by atoms with Crippen molar-refractivity contribution in [3.8, 4) is 28.3 Å². The van der Waals surface area contributed by atoms with Gasteiger partial charge in [-0.25, -0.2) is 4.68 Å². The predicted molar refractivity (Wildman–Crippen MR) is 91.7 cm³/mol. The zero-order valence-electron chi connectivity index (χ0n) is 13.8. The number of hydrogen-bond acceptors (Lipinski definition) is 5. The van der Waals surface area contributed by atoms with E-state index in [9.17, 15) is 0 Å². The molecule has 0 spiro atoms. The van der Waals surface area contributed by atoms with Gasteiger partial charge in [0.05, 0.1) is 7.11 Å². The zero-order valence-corrected chi connectivity index (χ0v) is 13.8. The first-order chi connectivity index (χ1) is 11.8. The first kappa shape index (κ1) is 16.1. The summed E-state index contributed by atoms with van der Waals surface area (Å²) in [5, 5.41) is 12.1. The molecule has 0 amide bonds. The van der Waals surface area contributed by atoms with Crippen molar-refractivity contribution >= 4 is 0 Å². The van der Waals surface area contributed by atoms with E-state index in [1.54, 1.807) is 14.2 Å². The quantitative estimate of drug-likeness (QED) is 0.625. The number of hydrogen-bond donors (Lipinski definition) is 0. The van der Waals surface area contributed by atoms with Crippen molar-refractivity contribution < 1.29 is 9.47 Å². The third-order valence-electron chi connectivity index (χ3n) is 3.77. The summed E-state index contributed by atoms with van der Waals surface area (Å²) in [7, 11) is 3.36. The van der Waals surface area contributed by atoms with Crippen LogP contribution in [0.15, 0.2) is 48.5 Å². The number of methoxy groups -OCH3 is 2. The van der Waals surface area contributed by atoms with Gasteiger partial charge < -0.3 is 9.47 Å². The lowest BCUT2D eigenvalue weighted by Gasteiger charge is -2.08. The van der Waals surface area contributed by atoms with E-state index in [0.717, 1.165) is 41.2 Å². The fraction of sp³-hybridized carbons (Fsp3) is 0.278. The number of tetrazole rings is 1. The summed E-state index contributed by atoms with van der Waals surface area (Å²) >= 11 is 0. The summed E-state index contributed by atoms with van der Waals surface area (Å²) < 4.78 is 12.2. The van der Waals surface area contributed by atoms with Crippen LogP contribution in [0.25, 0.3) is 22.5 Å². The van der Waals surface area contributed by atoms with Crippen LogP contribution >= 0.6 is 0 Å². The second kappa shape index (κ2) is 7.70. The molecule has 6 nitrogen and oxygen atoms in total. The molecule has 1 aromatic heterocycles. The molecule has 1 heterocycles. The molecule has 0 radical (unpaired) electrons. The van der Waals surface area contributed by atoms with Crippen LogP contribution in [0.4, 0.5) is 0 Å². The monoisotopic (exact) mass is 324 g/mol. The number of nitrogens with zero attached hydrogens (tertiary/aromatic N) is 4. The van der Waals surface area contributed by atoms with Gasteiger partial charge >= 0.3 is 0 Å². The average molecular weight is 324 g/mol. The van der Waals surface area contributed by atoms with Gasteiger partial charge in [0.15, 0.2) is 5.82 Å². The molecule has 3 rings (SSSR count). The maximum absolute atomic E-state index is 5.30. The van der Waals surface area contributed by atoms with Gasteiger partial charge in [0.1, 0.15) is 5.75 Å². The molecule has 0 fully saturated rings. The summed E-state index contributed by atoms with van der Waals surface area (Å²) in [6.07, 6.45) is 0.865. The molecule has 0 aliphatic heterocycles. The SMILES string of the molecule is COCCCn1nnnc1-c1cccc(-c2cccc(OC)c2)c1. The topological polar surface area (TPSA) is 62.1 Å². The van der Waals surface area contributed by atoms with Crippen molar-refractivity contribution in [2.75, 3.05) is 20.8 Å². The molecule has 0 atom stereocenters. The minimum Gasteiger partial charge on any atom is -0.497 e. The molecule has 0 bridgehead atoms. The molecular formula is C18H20N4O2. The largest absolute Gasteiger partial charge is 0.497 e. The molecule has 6 heteroatoms. The Morgan fingerprint density at radius 3 is 2.50 bits per heavy atom. The number of ether oxygens (including phenoxy) is 2. The second-order valence-corrected chi connectivity index (χ2v) is 5.38. The average Bonchev–Trinajstić information content (AvgIpc) is 3.11. The van der Waals surface area contributed by atoms with Crippen molar-refractivity contribution in [3.63, 3.8) is 0 Å². The molecule has 0 aliphatic rings. The van der Waals surface area contributed by atoms with Crippen LogP contribution in [0.2, 0.25) is 0 Å². The van der Waals surface area contributed by atoms with Crippen LogP contribution in [0.1, 0.15) is 6.42 Å². The number of rotatable bonds is 7. The maximum Gasteiger partial charge on any atom is 0.182 e. The maximum atomic E-state index is 5.30. The van der Waals surface area contributed by atoms with E-state index in [0.29, 0.717) is 6.61 Å². The minimum absolute atomic E-state index is 0.684. The molecule has 0 N–H and O–H groups in total. The molecule has 0 unspecified atom stereocenters. The fourth-order valence-electron chi connectivity index (χ4n) is 2.56. The third kappa shape index (κ3) is 3.60.